The molecule has 0 aromatic heterocycles. The molecular formula is C10H19NO. The third kappa shape index (κ3) is 2.50. The highest BCUT2D eigenvalue weighted by atomic mass is 16.4. The van der Waals surface area contributed by atoms with Gasteiger partial charge in [0.25, 0.3) is 0 Å². The van der Waals surface area contributed by atoms with E-state index in [0.717, 1.165) is 12.1 Å². The van der Waals surface area contributed by atoms with Crippen molar-refractivity contribution >= 4 is 5.71 Å². The Kier molecular flexibility index (Phi) is 3.57. The summed E-state index contributed by atoms with van der Waals surface area (Å²) in [5.41, 5.74) is 1.04. The highest BCUT2D eigenvalue weighted by Gasteiger charge is 2.21. The zero-order chi connectivity index (χ0) is 8.97. The molecule has 0 bridgehead atoms. The molecule has 1 aliphatic rings. The average molecular weight is 169 g/mol. The lowest BCUT2D eigenvalue weighted by molar-refractivity contribution is 0.304. The number of nitrogens with zero attached hydrogens (tertiary/aromatic N) is 1. The van der Waals surface area contributed by atoms with Crippen molar-refractivity contribution in [3.63, 3.8) is 0 Å². The van der Waals surface area contributed by atoms with Crippen molar-refractivity contribution in [1.29, 1.82) is 0 Å². The fourth-order valence-electron chi connectivity index (χ4n) is 2.02. The van der Waals surface area contributed by atoms with Crippen LogP contribution in [0.1, 0.15) is 46.0 Å². The summed E-state index contributed by atoms with van der Waals surface area (Å²) in [6, 6.07) is 0. The first kappa shape index (κ1) is 9.56. The van der Waals surface area contributed by atoms with Crippen molar-refractivity contribution in [2.75, 3.05) is 0 Å². The fraction of sp³-hybridized carbons (Fsp3) is 0.900. The molecule has 70 valence electrons. The molecule has 1 N–H and O–H groups in total. The van der Waals surface area contributed by atoms with Gasteiger partial charge in [0.05, 0.1) is 5.71 Å². The second-order valence-corrected chi connectivity index (χ2v) is 4.16. The maximum atomic E-state index is 8.76. The molecule has 0 heterocycles. The first-order valence-corrected chi connectivity index (χ1v) is 4.95. The molecule has 1 saturated carbocycles. The summed E-state index contributed by atoms with van der Waals surface area (Å²) in [4.78, 5) is 0. The minimum absolute atomic E-state index is 0.559. The van der Waals surface area contributed by atoms with E-state index in [2.05, 4.69) is 19.0 Å². The Labute approximate surface area is 74.7 Å². The minimum atomic E-state index is 0.559. The van der Waals surface area contributed by atoms with E-state index in [1.807, 2.05) is 0 Å². The van der Waals surface area contributed by atoms with Gasteiger partial charge in [0, 0.05) is 5.92 Å². The van der Waals surface area contributed by atoms with Gasteiger partial charge in [-0.25, -0.2) is 0 Å². The van der Waals surface area contributed by atoms with Crippen molar-refractivity contribution < 1.29 is 5.21 Å². The standard InChI is InChI=1S/C10H19NO/c1-8(2)7-9-5-3-4-6-10(9)11-12/h8-9,12H,3-7H2,1-2H3/b11-10+. The quantitative estimate of drug-likeness (QED) is 0.500. The van der Waals surface area contributed by atoms with Crippen molar-refractivity contribution in [3.05, 3.63) is 0 Å². The number of hydrogen-bond donors (Lipinski definition) is 1. The van der Waals surface area contributed by atoms with Gasteiger partial charge in [-0.15, -0.1) is 0 Å². The first-order chi connectivity index (χ1) is 5.74. The van der Waals surface area contributed by atoms with Crippen LogP contribution in [0.2, 0.25) is 0 Å². The monoisotopic (exact) mass is 169 g/mol. The van der Waals surface area contributed by atoms with Crippen LogP contribution < -0.4 is 0 Å². The molecule has 1 unspecified atom stereocenters. The van der Waals surface area contributed by atoms with Gasteiger partial charge in [-0.2, -0.15) is 0 Å². The van der Waals surface area contributed by atoms with Crippen molar-refractivity contribution in [2.24, 2.45) is 17.0 Å². The summed E-state index contributed by atoms with van der Waals surface area (Å²) in [5, 5.41) is 12.2. The molecule has 2 nitrogen and oxygen atoms in total. The van der Waals surface area contributed by atoms with E-state index in [9.17, 15) is 0 Å². The van der Waals surface area contributed by atoms with Gasteiger partial charge in [-0.1, -0.05) is 25.4 Å². The topological polar surface area (TPSA) is 32.6 Å². The van der Waals surface area contributed by atoms with Gasteiger partial charge in [0.15, 0.2) is 0 Å². The van der Waals surface area contributed by atoms with Crippen LogP contribution in [-0.4, -0.2) is 10.9 Å². The lowest BCUT2D eigenvalue weighted by atomic mass is 9.82. The molecule has 1 fully saturated rings. The van der Waals surface area contributed by atoms with Crippen molar-refractivity contribution in [1.82, 2.24) is 0 Å². The Balaban J connectivity index is 2.48. The van der Waals surface area contributed by atoms with E-state index in [1.165, 1.54) is 25.7 Å². The van der Waals surface area contributed by atoms with Crippen LogP contribution in [0.5, 0.6) is 0 Å². The Hall–Kier alpha value is -0.530. The van der Waals surface area contributed by atoms with Crippen molar-refractivity contribution in [3.8, 4) is 0 Å². The maximum absolute atomic E-state index is 8.76. The van der Waals surface area contributed by atoms with E-state index >= 15 is 0 Å². The molecule has 0 amide bonds. The predicted molar refractivity (Wildman–Crippen MR) is 50.6 cm³/mol. The normalized spacial score (nSPS) is 28.2. The van der Waals surface area contributed by atoms with Crippen LogP contribution in [0.25, 0.3) is 0 Å². The minimum Gasteiger partial charge on any atom is -0.411 e. The summed E-state index contributed by atoms with van der Waals surface area (Å²) in [6.45, 7) is 4.45. The molecule has 0 aliphatic heterocycles. The van der Waals surface area contributed by atoms with E-state index in [-0.39, 0.29) is 0 Å². The van der Waals surface area contributed by atoms with Gasteiger partial charge >= 0.3 is 0 Å². The largest absolute Gasteiger partial charge is 0.411 e. The third-order valence-corrected chi connectivity index (χ3v) is 2.59. The zero-order valence-corrected chi connectivity index (χ0v) is 8.08. The smallest absolute Gasteiger partial charge is 0.0601 e. The molecule has 2 heteroatoms. The molecule has 0 radical (unpaired) electrons. The van der Waals surface area contributed by atoms with Gasteiger partial charge in [-0.05, 0) is 31.6 Å². The third-order valence-electron chi connectivity index (χ3n) is 2.59. The van der Waals surface area contributed by atoms with E-state index in [4.69, 9.17) is 5.21 Å². The Morgan fingerprint density at radius 1 is 1.50 bits per heavy atom. The van der Waals surface area contributed by atoms with Crippen LogP contribution in [0.15, 0.2) is 5.16 Å². The zero-order valence-electron chi connectivity index (χ0n) is 8.08. The number of hydrogen-bond acceptors (Lipinski definition) is 2. The summed E-state index contributed by atoms with van der Waals surface area (Å²) in [5.74, 6) is 1.27. The van der Waals surface area contributed by atoms with Gasteiger partial charge in [-0.3, -0.25) is 0 Å². The second kappa shape index (κ2) is 4.48. The van der Waals surface area contributed by atoms with Gasteiger partial charge in [0.2, 0.25) is 0 Å². The molecule has 0 spiro atoms. The molecule has 1 aliphatic carbocycles. The van der Waals surface area contributed by atoms with Crippen LogP contribution in [-0.2, 0) is 0 Å². The highest BCUT2D eigenvalue weighted by Crippen LogP contribution is 2.26. The number of oxime groups is 1. The van der Waals surface area contributed by atoms with E-state index in [0.29, 0.717) is 11.8 Å². The first-order valence-electron chi connectivity index (χ1n) is 4.95. The van der Waals surface area contributed by atoms with Gasteiger partial charge in [0.1, 0.15) is 0 Å². The number of rotatable bonds is 2. The highest BCUT2D eigenvalue weighted by molar-refractivity contribution is 5.86. The van der Waals surface area contributed by atoms with Crippen LogP contribution in [0.4, 0.5) is 0 Å². The molecule has 1 atom stereocenters. The fourth-order valence-corrected chi connectivity index (χ4v) is 2.02. The van der Waals surface area contributed by atoms with Crippen LogP contribution in [0, 0.1) is 11.8 Å². The molecule has 0 aromatic carbocycles. The Morgan fingerprint density at radius 2 is 2.25 bits per heavy atom. The lowest BCUT2D eigenvalue weighted by Crippen LogP contribution is -2.20. The Bertz CT molecular complexity index is 163. The van der Waals surface area contributed by atoms with Crippen LogP contribution in [0.3, 0.4) is 0 Å². The summed E-state index contributed by atoms with van der Waals surface area (Å²) >= 11 is 0. The van der Waals surface area contributed by atoms with Crippen molar-refractivity contribution in [2.45, 2.75) is 46.0 Å². The summed E-state index contributed by atoms with van der Waals surface area (Å²) in [6.07, 6.45) is 5.91. The van der Waals surface area contributed by atoms with E-state index < -0.39 is 0 Å². The SMILES string of the molecule is CC(C)CC1CCCC/C1=N\O. The second-order valence-electron chi connectivity index (χ2n) is 4.16. The van der Waals surface area contributed by atoms with Gasteiger partial charge < -0.3 is 5.21 Å². The molecule has 0 aromatic rings. The molecule has 1 rings (SSSR count). The van der Waals surface area contributed by atoms with Crippen LogP contribution >= 0.6 is 0 Å². The van der Waals surface area contributed by atoms with E-state index in [1.54, 1.807) is 0 Å². The summed E-state index contributed by atoms with van der Waals surface area (Å²) < 4.78 is 0. The molecular weight excluding hydrogens is 150 g/mol. The maximum Gasteiger partial charge on any atom is 0.0601 e. The summed E-state index contributed by atoms with van der Waals surface area (Å²) in [7, 11) is 0. The predicted octanol–water partition coefficient (Wildman–Crippen LogP) is 3.05. The average Bonchev–Trinajstić information content (AvgIpc) is 2.04. The lowest BCUT2D eigenvalue weighted by Gasteiger charge is -2.24. The molecule has 12 heavy (non-hydrogen) atoms. The Morgan fingerprint density at radius 3 is 2.83 bits per heavy atom. The molecule has 0 saturated heterocycles.